The summed E-state index contributed by atoms with van der Waals surface area (Å²) in [6, 6.07) is 12.8. The van der Waals surface area contributed by atoms with Gasteiger partial charge in [-0.2, -0.15) is 0 Å². The zero-order chi connectivity index (χ0) is 26.0. The Balaban J connectivity index is 0.00000210. The van der Waals surface area contributed by atoms with E-state index in [1.807, 2.05) is 19.9 Å². The molecule has 1 aliphatic rings. The molecule has 3 nitrogen and oxygen atoms in total. The van der Waals surface area contributed by atoms with E-state index in [1.54, 1.807) is 0 Å². The van der Waals surface area contributed by atoms with Gasteiger partial charge in [-0.25, -0.2) is 0 Å². The lowest BCUT2D eigenvalue weighted by Gasteiger charge is -2.23. The molecule has 0 aromatic heterocycles. The van der Waals surface area contributed by atoms with E-state index in [2.05, 4.69) is 88.2 Å². The number of anilines is 1. The molecule has 35 heavy (non-hydrogen) atoms. The third kappa shape index (κ3) is 8.08. The summed E-state index contributed by atoms with van der Waals surface area (Å²) in [5.74, 6) is 0.934. The van der Waals surface area contributed by atoms with E-state index in [0.29, 0.717) is 11.8 Å². The number of halogens is 1. The monoisotopic (exact) mass is 493 g/mol. The topological polar surface area (TPSA) is 36.4 Å². The molecule has 0 saturated heterocycles. The van der Waals surface area contributed by atoms with E-state index >= 15 is 0 Å². The summed E-state index contributed by atoms with van der Waals surface area (Å²) in [4.78, 5) is 4.85. The number of nitrogens with one attached hydrogen (secondary N) is 2. The minimum atomic E-state index is 0.346. The summed E-state index contributed by atoms with van der Waals surface area (Å²) in [6.45, 7) is 21.9. The van der Waals surface area contributed by atoms with Crippen LogP contribution in [0.15, 0.2) is 65.3 Å². The fraction of sp³-hybridized carbons (Fsp3) is 0.452. The van der Waals surface area contributed by atoms with Gasteiger partial charge in [-0.15, -0.1) is 0 Å². The first-order chi connectivity index (χ1) is 16.8. The Morgan fingerprint density at radius 2 is 1.83 bits per heavy atom. The van der Waals surface area contributed by atoms with Crippen molar-refractivity contribution >= 4 is 23.0 Å². The third-order valence-corrected chi connectivity index (χ3v) is 6.52. The molecule has 0 amide bonds. The van der Waals surface area contributed by atoms with Gasteiger partial charge in [0, 0.05) is 23.2 Å². The minimum absolute atomic E-state index is 0.346. The molecule has 1 aliphatic heterocycles. The Bertz CT molecular complexity index is 1050. The highest BCUT2D eigenvalue weighted by molar-refractivity contribution is 6.30. The molecule has 0 saturated carbocycles. The lowest BCUT2D eigenvalue weighted by molar-refractivity contribution is 0.532. The van der Waals surface area contributed by atoms with Crippen molar-refractivity contribution in [2.45, 2.75) is 73.8 Å². The van der Waals surface area contributed by atoms with Crippen molar-refractivity contribution in [2.24, 2.45) is 10.9 Å². The second-order valence-corrected chi connectivity index (χ2v) is 9.76. The van der Waals surface area contributed by atoms with Crippen LogP contribution < -0.4 is 10.6 Å². The van der Waals surface area contributed by atoms with Gasteiger partial charge in [-0.05, 0) is 90.4 Å². The summed E-state index contributed by atoms with van der Waals surface area (Å²) >= 11 is 6.29. The SMILES string of the molecule is C=C(Nc1ccc(CNCC)c(C)c1)C1=NCC(C(CC(C)C)c2ccc(Cl)cc2CC)=C1.CC. The fourth-order valence-electron chi connectivity index (χ4n) is 4.48. The van der Waals surface area contributed by atoms with Gasteiger partial charge >= 0.3 is 0 Å². The number of hydrogen-bond acceptors (Lipinski definition) is 3. The third-order valence-electron chi connectivity index (χ3n) is 6.28. The van der Waals surface area contributed by atoms with Gasteiger partial charge in [0.15, 0.2) is 0 Å². The lowest BCUT2D eigenvalue weighted by atomic mass is 9.81. The molecule has 2 aromatic rings. The number of aliphatic imine (C=N–C) groups is 1. The van der Waals surface area contributed by atoms with Crippen LogP contribution in [0.5, 0.6) is 0 Å². The lowest BCUT2D eigenvalue weighted by Crippen LogP contribution is -2.13. The Labute approximate surface area is 218 Å². The molecule has 0 radical (unpaired) electrons. The van der Waals surface area contributed by atoms with Gasteiger partial charge in [0.1, 0.15) is 0 Å². The molecular weight excluding hydrogens is 450 g/mol. The molecule has 1 unspecified atom stereocenters. The maximum atomic E-state index is 6.29. The van der Waals surface area contributed by atoms with E-state index in [9.17, 15) is 0 Å². The van der Waals surface area contributed by atoms with Gasteiger partial charge < -0.3 is 10.6 Å². The predicted molar refractivity (Wildman–Crippen MR) is 156 cm³/mol. The van der Waals surface area contributed by atoms with Crippen molar-refractivity contribution in [1.29, 1.82) is 0 Å². The zero-order valence-electron chi connectivity index (χ0n) is 22.8. The van der Waals surface area contributed by atoms with Crippen molar-refractivity contribution in [3.8, 4) is 0 Å². The fourth-order valence-corrected chi connectivity index (χ4v) is 4.67. The number of hydrogen-bond donors (Lipinski definition) is 2. The van der Waals surface area contributed by atoms with Crippen LogP contribution in [0.25, 0.3) is 0 Å². The molecule has 2 aromatic carbocycles. The molecule has 0 bridgehead atoms. The zero-order valence-corrected chi connectivity index (χ0v) is 23.5. The summed E-state index contributed by atoms with van der Waals surface area (Å²) in [5.41, 5.74) is 9.49. The molecule has 190 valence electrons. The molecule has 2 N–H and O–H groups in total. The first-order valence-electron chi connectivity index (χ1n) is 13.1. The first-order valence-corrected chi connectivity index (χ1v) is 13.5. The Kier molecular flexibility index (Phi) is 11.8. The minimum Gasteiger partial charge on any atom is -0.354 e. The summed E-state index contributed by atoms with van der Waals surface area (Å²) in [6.07, 6.45) is 4.31. The average molecular weight is 494 g/mol. The molecular formula is C31H44ClN3. The highest BCUT2D eigenvalue weighted by Gasteiger charge is 2.24. The normalized spacial score (nSPS) is 13.6. The number of allylic oxidation sites excluding steroid dienone is 1. The van der Waals surface area contributed by atoms with Crippen molar-refractivity contribution in [2.75, 3.05) is 18.4 Å². The Morgan fingerprint density at radius 3 is 2.46 bits per heavy atom. The molecule has 1 atom stereocenters. The van der Waals surface area contributed by atoms with Crippen LogP contribution in [0, 0.1) is 12.8 Å². The maximum absolute atomic E-state index is 6.29. The van der Waals surface area contributed by atoms with E-state index in [-0.39, 0.29) is 0 Å². The van der Waals surface area contributed by atoms with Gasteiger partial charge in [0.25, 0.3) is 0 Å². The number of benzene rings is 2. The number of aryl methyl sites for hydroxylation is 2. The molecule has 3 rings (SSSR count). The maximum Gasteiger partial charge on any atom is 0.0807 e. The van der Waals surface area contributed by atoms with Gasteiger partial charge in [0.2, 0.25) is 0 Å². The van der Waals surface area contributed by atoms with Crippen LogP contribution in [0.1, 0.15) is 76.1 Å². The van der Waals surface area contributed by atoms with Crippen molar-refractivity contribution in [3.05, 3.63) is 87.6 Å². The number of nitrogens with zero attached hydrogens (tertiary/aromatic N) is 1. The predicted octanol–water partition coefficient (Wildman–Crippen LogP) is 8.48. The van der Waals surface area contributed by atoms with Crippen LogP contribution in [0.4, 0.5) is 5.69 Å². The summed E-state index contributed by atoms with van der Waals surface area (Å²) in [7, 11) is 0. The second kappa shape index (κ2) is 14.3. The second-order valence-electron chi connectivity index (χ2n) is 9.32. The van der Waals surface area contributed by atoms with Crippen LogP contribution in [0.2, 0.25) is 5.02 Å². The number of rotatable bonds is 11. The smallest absolute Gasteiger partial charge is 0.0807 e. The Hall–Kier alpha value is -2.36. The average Bonchev–Trinajstić information content (AvgIpc) is 3.33. The van der Waals surface area contributed by atoms with Gasteiger partial charge in [0.05, 0.1) is 18.0 Å². The molecule has 0 aliphatic carbocycles. The first kappa shape index (κ1) is 28.9. The van der Waals surface area contributed by atoms with E-state index in [4.69, 9.17) is 16.6 Å². The van der Waals surface area contributed by atoms with Crippen LogP contribution in [-0.2, 0) is 13.0 Å². The van der Waals surface area contributed by atoms with Crippen molar-refractivity contribution in [1.82, 2.24) is 5.32 Å². The van der Waals surface area contributed by atoms with E-state index in [1.165, 1.54) is 27.8 Å². The van der Waals surface area contributed by atoms with Crippen molar-refractivity contribution < 1.29 is 0 Å². The van der Waals surface area contributed by atoms with Gasteiger partial charge in [-0.3, -0.25) is 4.99 Å². The molecule has 1 heterocycles. The molecule has 0 spiro atoms. The van der Waals surface area contributed by atoms with E-state index in [0.717, 1.165) is 54.6 Å². The standard InChI is InChI=1S/C29H38ClN3.C2H6/c1-7-22-15-25(30)10-12-27(22)28(13-19(3)4)24-16-29(32-18-24)21(6)33-26-11-9-23(17-31-8-2)20(5)14-26;1-2/h9-12,14-16,19,28,31,33H,6-8,13,17-18H2,1-5H3;1-2H3. The summed E-state index contributed by atoms with van der Waals surface area (Å²) in [5, 5.41) is 7.67. The molecule has 4 heteroatoms. The van der Waals surface area contributed by atoms with Crippen LogP contribution >= 0.6 is 11.6 Å². The van der Waals surface area contributed by atoms with Crippen molar-refractivity contribution in [3.63, 3.8) is 0 Å². The summed E-state index contributed by atoms with van der Waals surface area (Å²) < 4.78 is 0. The van der Waals surface area contributed by atoms with E-state index < -0.39 is 0 Å². The van der Waals surface area contributed by atoms with Gasteiger partial charge in [-0.1, -0.05) is 71.9 Å². The highest BCUT2D eigenvalue weighted by atomic mass is 35.5. The highest BCUT2D eigenvalue weighted by Crippen LogP contribution is 2.36. The quantitative estimate of drug-likeness (QED) is 0.329. The van der Waals surface area contributed by atoms with Crippen LogP contribution in [-0.4, -0.2) is 18.8 Å². The Morgan fingerprint density at radius 1 is 1.09 bits per heavy atom. The van der Waals surface area contributed by atoms with Crippen LogP contribution in [0.3, 0.4) is 0 Å². The molecule has 0 fully saturated rings. The largest absolute Gasteiger partial charge is 0.354 e.